The lowest BCUT2D eigenvalue weighted by molar-refractivity contribution is 0.223. The molecule has 0 bridgehead atoms. The first-order valence-electron chi connectivity index (χ1n) is 3.33. The summed E-state index contributed by atoms with van der Waals surface area (Å²) >= 11 is 5.96. The van der Waals surface area contributed by atoms with Crippen molar-refractivity contribution < 1.29 is 4.74 Å². The van der Waals surface area contributed by atoms with Crippen LogP contribution in [0.1, 0.15) is 6.42 Å². The molecule has 10 heavy (non-hydrogen) atoms. The van der Waals surface area contributed by atoms with Gasteiger partial charge in [0, 0.05) is 7.11 Å². The zero-order valence-electron chi connectivity index (χ0n) is 6.01. The van der Waals surface area contributed by atoms with Gasteiger partial charge in [-0.2, -0.15) is 0 Å². The molecule has 0 aromatic carbocycles. The Labute approximate surface area is 66.3 Å². The number of rotatable bonds is 2. The second-order valence-electron chi connectivity index (χ2n) is 2.31. The van der Waals surface area contributed by atoms with Crippen LogP contribution in [0.25, 0.3) is 0 Å². The third kappa shape index (κ3) is 1.86. The van der Waals surface area contributed by atoms with Crippen molar-refractivity contribution in [3.8, 4) is 0 Å². The fourth-order valence-corrected chi connectivity index (χ4v) is 1.19. The van der Waals surface area contributed by atoms with Gasteiger partial charge in [0.2, 0.25) is 0 Å². The molecule has 1 unspecified atom stereocenters. The number of hydrogen-bond donors (Lipinski definition) is 0. The van der Waals surface area contributed by atoms with Gasteiger partial charge >= 0.3 is 0 Å². The molecule has 56 valence electrons. The molecule has 0 N–H and O–H groups in total. The number of allylic oxidation sites excluding steroid dienone is 3. The molecular formula is C8H11ClO. The van der Waals surface area contributed by atoms with Crippen LogP contribution < -0.4 is 0 Å². The number of halogens is 1. The summed E-state index contributed by atoms with van der Waals surface area (Å²) in [6.45, 7) is 0.651. The molecule has 1 aliphatic carbocycles. The molecule has 1 rings (SSSR count). The highest BCUT2D eigenvalue weighted by Gasteiger charge is 2.10. The van der Waals surface area contributed by atoms with Gasteiger partial charge in [-0.1, -0.05) is 18.2 Å². The molecule has 1 nitrogen and oxygen atoms in total. The van der Waals surface area contributed by atoms with E-state index in [9.17, 15) is 0 Å². The summed E-state index contributed by atoms with van der Waals surface area (Å²) in [5, 5.41) is 0.143. The number of hydrogen-bond acceptors (Lipinski definition) is 1. The summed E-state index contributed by atoms with van der Waals surface area (Å²) < 4.78 is 4.97. The van der Waals surface area contributed by atoms with E-state index < -0.39 is 0 Å². The Morgan fingerprint density at radius 2 is 2.60 bits per heavy atom. The normalized spacial score (nSPS) is 24.6. The Bertz CT molecular complexity index is 161. The van der Waals surface area contributed by atoms with Crippen LogP contribution in [0.5, 0.6) is 0 Å². The minimum absolute atomic E-state index is 0.143. The summed E-state index contributed by atoms with van der Waals surface area (Å²) in [6, 6.07) is 0. The summed E-state index contributed by atoms with van der Waals surface area (Å²) in [5.41, 5.74) is 1.17. The first-order chi connectivity index (χ1) is 4.84. The second kappa shape index (κ2) is 3.79. The van der Waals surface area contributed by atoms with E-state index in [0.29, 0.717) is 6.61 Å². The molecule has 0 radical (unpaired) electrons. The molecule has 2 heteroatoms. The number of ether oxygens (including phenoxy) is 1. The summed E-state index contributed by atoms with van der Waals surface area (Å²) in [7, 11) is 1.68. The van der Waals surface area contributed by atoms with Crippen LogP contribution in [0.4, 0.5) is 0 Å². The Hall–Kier alpha value is -0.270. The van der Waals surface area contributed by atoms with E-state index >= 15 is 0 Å². The molecule has 1 atom stereocenters. The smallest absolute Gasteiger partial charge is 0.0690 e. The fourth-order valence-electron chi connectivity index (χ4n) is 0.951. The Balaban J connectivity index is 2.52. The fraction of sp³-hybridized carbons (Fsp3) is 0.500. The monoisotopic (exact) mass is 158 g/mol. The molecule has 0 amide bonds. The van der Waals surface area contributed by atoms with Crippen molar-refractivity contribution in [3.63, 3.8) is 0 Å². The van der Waals surface area contributed by atoms with Crippen molar-refractivity contribution in [2.45, 2.75) is 11.8 Å². The minimum Gasteiger partial charge on any atom is -0.380 e. The van der Waals surface area contributed by atoms with E-state index in [-0.39, 0.29) is 5.38 Å². The molecule has 0 heterocycles. The van der Waals surface area contributed by atoms with E-state index in [0.717, 1.165) is 6.42 Å². The Morgan fingerprint density at radius 1 is 1.80 bits per heavy atom. The summed E-state index contributed by atoms with van der Waals surface area (Å²) in [5.74, 6) is 0. The highest BCUT2D eigenvalue weighted by atomic mass is 35.5. The zero-order chi connectivity index (χ0) is 7.40. The van der Waals surface area contributed by atoms with E-state index in [1.54, 1.807) is 7.11 Å². The van der Waals surface area contributed by atoms with Crippen LogP contribution in [0, 0.1) is 0 Å². The first-order valence-corrected chi connectivity index (χ1v) is 3.77. The van der Waals surface area contributed by atoms with Gasteiger partial charge in [0.05, 0.1) is 12.0 Å². The van der Waals surface area contributed by atoms with Gasteiger partial charge in [-0.3, -0.25) is 0 Å². The van der Waals surface area contributed by atoms with Crippen molar-refractivity contribution >= 4 is 11.6 Å². The van der Waals surface area contributed by atoms with E-state index in [1.165, 1.54) is 5.57 Å². The average molecular weight is 159 g/mol. The maximum Gasteiger partial charge on any atom is 0.0690 e. The average Bonchev–Trinajstić information content (AvgIpc) is 1.94. The molecular weight excluding hydrogens is 148 g/mol. The van der Waals surface area contributed by atoms with Crippen LogP contribution in [0.3, 0.4) is 0 Å². The van der Waals surface area contributed by atoms with E-state index in [2.05, 4.69) is 6.08 Å². The van der Waals surface area contributed by atoms with E-state index in [1.807, 2.05) is 12.2 Å². The SMILES string of the molecule is COCC1=CC=CCC1Cl. The summed E-state index contributed by atoms with van der Waals surface area (Å²) in [6.07, 6.45) is 7.03. The second-order valence-corrected chi connectivity index (χ2v) is 2.83. The van der Waals surface area contributed by atoms with Gasteiger partial charge in [-0.25, -0.2) is 0 Å². The molecule has 0 aromatic rings. The predicted octanol–water partition coefficient (Wildman–Crippen LogP) is 2.13. The van der Waals surface area contributed by atoms with Crippen molar-refractivity contribution in [1.29, 1.82) is 0 Å². The standard InChI is InChI=1S/C8H11ClO/c1-10-6-7-4-2-3-5-8(7)9/h2-4,8H,5-6H2,1H3. The third-order valence-electron chi connectivity index (χ3n) is 1.50. The van der Waals surface area contributed by atoms with Crippen LogP contribution >= 0.6 is 11.6 Å². The van der Waals surface area contributed by atoms with Gasteiger partial charge in [0.25, 0.3) is 0 Å². The number of alkyl halides is 1. The maximum absolute atomic E-state index is 5.96. The quantitative estimate of drug-likeness (QED) is 0.560. The molecule has 0 saturated carbocycles. The highest BCUT2D eigenvalue weighted by molar-refractivity contribution is 6.22. The minimum atomic E-state index is 0.143. The van der Waals surface area contributed by atoms with Crippen molar-refractivity contribution in [2.75, 3.05) is 13.7 Å². The van der Waals surface area contributed by atoms with Crippen LogP contribution in [0.2, 0.25) is 0 Å². The Morgan fingerprint density at radius 3 is 3.20 bits per heavy atom. The van der Waals surface area contributed by atoms with Crippen molar-refractivity contribution in [1.82, 2.24) is 0 Å². The zero-order valence-corrected chi connectivity index (χ0v) is 6.77. The lowest BCUT2D eigenvalue weighted by atomic mass is 10.1. The summed E-state index contributed by atoms with van der Waals surface area (Å²) in [4.78, 5) is 0. The molecule has 0 aliphatic heterocycles. The highest BCUT2D eigenvalue weighted by Crippen LogP contribution is 2.18. The van der Waals surface area contributed by atoms with Crippen molar-refractivity contribution in [2.24, 2.45) is 0 Å². The molecule has 0 fully saturated rings. The van der Waals surface area contributed by atoms with Crippen LogP contribution in [0.15, 0.2) is 23.8 Å². The third-order valence-corrected chi connectivity index (χ3v) is 1.96. The molecule has 1 aliphatic rings. The van der Waals surface area contributed by atoms with Crippen molar-refractivity contribution in [3.05, 3.63) is 23.8 Å². The van der Waals surface area contributed by atoms with Crippen LogP contribution in [-0.2, 0) is 4.74 Å². The molecule has 0 aromatic heterocycles. The van der Waals surface area contributed by atoms with E-state index in [4.69, 9.17) is 16.3 Å². The lowest BCUT2D eigenvalue weighted by Crippen LogP contribution is -2.09. The number of methoxy groups -OCH3 is 1. The van der Waals surface area contributed by atoms with Gasteiger partial charge in [-0.05, 0) is 12.0 Å². The largest absolute Gasteiger partial charge is 0.380 e. The maximum atomic E-state index is 5.96. The van der Waals surface area contributed by atoms with Gasteiger partial charge in [0.15, 0.2) is 0 Å². The van der Waals surface area contributed by atoms with Gasteiger partial charge in [-0.15, -0.1) is 11.6 Å². The predicted molar refractivity (Wildman–Crippen MR) is 43.4 cm³/mol. The molecule has 0 spiro atoms. The first kappa shape index (κ1) is 7.83. The van der Waals surface area contributed by atoms with Crippen LogP contribution in [-0.4, -0.2) is 19.1 Å². The topological polar surface area (TPSA) is 9.23 Å². The van der Waals surface area contributed by atoms with Gasteiger partial charge in [0.1, 0.15) is 0 Å². The molecule has 0 saturated heterocycles. The van der Waals surface area contributed by atoms with Gasteiger partial charge < -0.3 is 4.74 Å². The Kier molecular flexibility index (Phi) is 2.97. The lowest BCUT2D eigenvalue weighted by Gasteiger charge is -2.13.